The molecule has 1 N–H and O–H groups in total. The number of nitrogens with zero attached hydrogens (tertiary/aromatic N) is 1. The first-order chi connectivity index (χ1) is 7.05. The first-order valence-corrected chi connectivity index (χ1v) is 5.12. The third-order valence-electron chi connectivity index (χ3n) is 2.94. The first-order valence-electron chi connectivity index (χ1n) is 5.12. The summed E-state index contributed by atoms with van der Waals surface area (Å²) in [6.07, 6.45) is 2.35. The molecular formula is C10H17NO4. The van der Waals surface area contributed by atoms with Crippen molar-refractivity contribution in [3.8, 4) is 0 Å². The second kappa shape index (κ2) is 4.61. The van der Waals surface area contributed by atoms with Gasteiger partial charge in [0, 0.05) is 13.7 Å². The average Bonchev–Trinajstić information content (AvgIpc) is 2.12. The molecule has 5 heteroatoms. The summed E-state index contributed by atoms with van der Waals surface area (Å²) in [5.74, 6) is -1.18. The molecule has 0 bridgehead atoms. The molecule has 1 rings (SSSR count). The van der Waals surface area contributed by atoms with Crippen LogP contribution in [0.1, 0.15) is 26.2 Å². The Kier molecular flexibility index (Phi) is 3.68. The van der Waals surface area contributed by atoms with E-state index in [2.05, 4.69) is 0 Å². The molecule has 5 nitrogen and oxygen atoms in total. The summed E-state index contributed by atoms with van der Waals surface area (Å²) in [7, 11) is 1.51. The Hall–Kier alpha value is -1.10. The second-order valence-corrected chi connectivity index (χ2v) is 3.77. The number of hydrogen-bond acceptors (Lipinski definition) is 3. The van der Waals surface area contributed by atoms with Crippen molar-refractivity contribution in [2.75, 3.05) is 20.2 Å². The number of amides is 1. The maximum Gasteiger partial charge on any atom is 0.323 e. The lowest BCUT2D eigenvalue weighted by Gasteiger charge is -2.41. The van der Waals surface area contributed by atoms with Crippen molar-refractivity contribution in [1.29, 1.82) is 0 Å². The summed E-state index contributed by atoms with van der Waals surface area (Å²) in [4.78, 5) is 23.9. The monoisotopic (exact) mass is 215 g/mol. The quantitative estimate of drug-likeness (QED) is 0.724. The lowest BCUT2D eigenvalue weighted by atomic mass is 9.79. The topological polar surface area (TPSA) is 66.8 Å². The van der Waals surface area contributed by atoms with Crippen molar-refractivity contribution in [2.45, 2.75) is 31.8 Å². The summed E-state index contributed by atoms with van der Waals surface area (Å²) in [5.41, 5.74) is -0.745. The molecule has 0 aromatic carbocycles. The predicted octanol–water partition coefficient (Wildman–Crippen LogP) is 0.489. The number of ether oxygens (including phenoxy) is 1. The van der Waals surface area contributed by atoms with Crippen LogP contribution in [0.3, 0.4) is 0 Å². The Bertz CT molecular complexity index is 255. The van der Waals surface area contributed by atoms with Crippen LogP contribution in [0.5, 0.6) is 0 Å². The van der Waals surface area contributed by atoms with E-state index in [0.29, 0.717) is 19.4 Å². The summed E-state index contributed by atoms with van der Waals surface area (Å²) < 4.78 is 5.22. The molecule has 0 aromatic heterocycles. The van der Waals surface area contributed by atoms with Gasteiger partial charge in [0.2, 0.25) is 0 Å². The van der Waals surface area contributed by atoms with Crippen LogP contribution >= 0.6 is 0 Å². The first kappa shape index (κ1) is 12.0. The molecule has 0 atom stereocenters. The van der Waals surface area contributed by atoms with Gasteiger partial charge in [0.1, 0.15) is 12.1 Å². The lowest BCUT2D eigenvalue weighted by Crippen LogP contribution is -2.55. The van der Waals surface area contributed by atoms with Gasteiger partial charge in [0.25, 0.3) is 5.91 Å². The molecule has 0 spiro atoms. The van der Waals surface area contributed by atoms with Gasteiger partial charge in [-0.25, -0.2) is 0 Å². The molecule has 0 saturated heterocycles. The van der Waals surface area contributed by atoms with E-state index in [4.69, 9.17) is 9.84 Å². The molecule has 15 heavy (non-hydrogen) atoms. The predicted molar refractivity (Wildman–Crippen MR) is 53.5 cm³/mol. The van der Waals surface area contributed by atoms with Crippen LogP contribution in [0, 0.1) is 0 Å². The molecule has 1 aliphatic rings. The number of likely N-dealkylation sites (N-methyl/N-ethyl adjacent to an activating group) is 1. The number of carboxylic acid groups (broad SMARTS) is 1. The maximum absolute atomic E-state index is 12.0. The molecule has 0 heterocycles. The number of aliphatic carboxylic acids is 1. The van der Waals surface area contributed by atoms with Crippen molar-refractivity contribution >= 4 is 11.9 Å². The third-order valence-corrected chi connectivity index (χ3v) is 2.94. The average molecular weight is 215 g/mol. The number of carbonyl (C=O) groups excluding carboxylic acids is 1. The largest absolute Gasteiger partial charge is 0.480 e. The molecule has 1 saturated carbocycles. The van der Waals surface area contributed by atoms with Crippen LogP contribution in [0.4, 0.5) is 0 Å². The number of methoxy groups -OCH3 is 1. The second-order valence-electron chi connectivity index (χ2n) is 3.77. The van der Waals surface area contributed by atoms with Crippen LogP contribution < -0.4 is 0 Å². The van der Waals surface area contributed by atoms with Crippen LogP contribution in [0.25, 0.3) is 0 Å². The molecule has 0 aromatic rings. The number of carbonyl (C=O) groups is 2. The van der Waals surface area contributed by atoms with Crippen molar-refractivity contribution in [1.82, 2.24) is 4.90 Å². The fourth-order valence-electron chi connectivity index (χ4n) is 1.78. The smallest absolute Gasteiger partial charge is 0.323 e. The summed E-state index contributed by atoms with van der Waals surface area (Å²) in [6.45, 7) is 1.92. The molecule has 86 valence electrons. The highest BCUT2D eigenvalue weighted by atomic mass is 16.5. The summed E-state index contributed by atoms with van der Waals surface area (Å²) in [6, 6.07) is 0. The molecule has 0 radical (unpaired) electrons. The van der Waals surface area contributed by atoms with Gasteiger partial charge in [-0.05, 0) is 26.2 Å². The maximum atomic E-state index is 12.0. The van der Waals surface area contributed by atoms with Crippen molar-refractivity contribution in [2.24, 2.45) is 0 Å². The Morgan fingerprint density at radius 2 is 2.07 bits per heavy atom. The number of carboxylic acids is 1. The van der Waals surface area contributed by atoms with Crippen molar-refractivity contribution < 1.29 is 19.4 Å². The number of hydrogen-bond donors (Lipinski definition) is 1. The van der Waals surface area contributed by atoms with Gasteiger partial charge in [-0.15, -0.1) is 0 Å². The lowest BCUT2D eigenvalue weighted by molar-refractivity contribution is -0.168. The fourth-order valence-corrected chi connectivity index (χ4v) is 1.78. The summed E-state index contributed by atoms with van der Waals surface area (Å²) >= 11 is 0. The SMILES string of the molecule is CCN(CC(=O)O)C(=O)C1(OC)CCC1. The Morgan fingerprint density at radius 1 is 1.47 bits per heavy atom. The van der Waals surface area contributed by atoms with Crippen LogP contribution in [0.15, 0.2) is 0 Å². The summed E-state index contributed by atoms with van der Waals surface area (Å²) in [5, 5.41) is 8.66. The fraction of sp³-hybridized carbons (Fsp3) is 0.800. The van der Waals surface area contributed by atoms with E-state index in [1.807, 2.05) is 0 Å². The van der Waals surface area contributed by atoms with Gasteiger partial charge >= 0.3 is 5.97 Å². The van der Waals surface area contributed by atoms with Gasteiger partial charge < -0.3 is 14.7 Å². The number of rotatable bonds is 5. The highest BCUT2D eigenvalue weighted by Crippen LogP contribution is 2.36. The molecule has 1 fully saturated rings. The third kappa shape index (κ3) is 2.28. The van der Waals surface area contributed by atoms with Crippen molar-refractivity contribution in [3.63, 3.8) is 0 Å². The molecular weight excluding hydrogens is 198 g/mol. The van der Waals surface area contributed by atoms with Crippen LogP contribution in [0.2, 0.25) is 0 Å². The van der Waals surface area contributed by atoms with E-state index < -0.39 is 11.6 Å². The van der Waals surface area contributed by atoms with Gasteiger partial charge in [0.05, 0.1) is 0 Å². The van der Waals surface area contributed by atoms with E-state index in [9.17, 15) is 9.59 Å². The van der Waals surface area contributed by atoms with E-state index >= 15 is 0 Å². The zero-order valence-corrected chi connectivity index (χ0v) is 9.15. The van der Waals surface area contributed by atoms with E-state index in [0.717, 1.165) is 6.42 Å². The molecule has 1 aliphatic carbocycles. The van der Waals surface area contributed by atoms with Gasteiger partial charge in [-0.3, -0.25) is 9.59 Å². The standard InChI is InChI=1S/C10H17NO4/c1-3-11(7-8(12)13)9(14)10(15-2)5-4-6-10/h3-7H2,1-2H3,(H,12,13). The Morgan fingerprint density at radius 3 is 2.33 bits per heavy atom. The zero-order chi connectivity index (χ0) is 11.5. The van der Waals surface area contributed by atoms with E-state index in [-0.39, 0.29) is 12.5 Å². The minimum absolute atomic E-state index is 0.193. The zero-order valence-electron chi connectivity index (χ0n) is 9.15. The molecule has 0 unspecified atom stereocenters. The van der Waals surface area contributed by atoms with Gasteiger partial charge in [-0.1, -0.05) is 0 Å². The normalized spacial score (nSPS) is 18.0. The highest BCUT2D eigenvalue weighted by molar-refractivity contribution is 5.88. The molecule has 1 amide bonds. The minimum atomic E-state index is -0.990. The van der Waals surface area contributed by atoms with Crippen LogP contribution in [-0.4, -0.2) is 47.7 Å². The van der Waals surface area contributed by atoms with Gasteiger partial charge in [0.15, 0.2) is 0 Å². The van der Waals surface area contributed by atoms with Crippen molar-refractivity contribution in [3.05, 3.63) is 0 Å². The molecule has 0 aliphatic heterocycles. The van der Waals surface area contributed by atoms with E-state index in [1.54, 1.807) is 6.92 Å². The Balaban J connectivity index is 2.67. The Labute approximate surface area is 89.0 Å². The van der Waals surface area contributed by atoms with Gasteiger partial charge in [-0.2, -0.15) is 0 Å². The minimum Gasteiger partial charge on any atom is -0.480 e. The van der Waals surface area contributed by atoms with Crippen LogP contribution in [-0.2, 0) is 14.3 Å². The van der Waals surface area contributed by atoms with E-state index in [1.165, 1.54) is 12.0 Å². The highest BCUT2D eigenvalue weighted by Gasteiger charge is 2.46.